The largest absolute Gasteiger partial charge is 0.496 e. The number of rotatable bonds is 4. The molecular formula is C14H22O3. The van der Waals surface area contributed by atoms with Crippen molar-refractivity contribution in [2.24, 2.45) is 5.41 Å². The van der Waals surface area contributed by atoms with E-state index in [1.54, 1.807) is 7.11 Å². The molecule has 0 saturated heterocycles. The third-order valence-corrected chi connectivity index (χ3v) is 2.87. The minimum atomic E-state index is -0.786. The highest BCUT2D eigenvalue weighted by molar-refractivity contribution is 5.33. The molecule has 0 bridgehead atoms. The summed E-state index contributed by atoms with van der Waals surface area (Å²) in [6.45, 7) is 5.72. The van der Waals surface area contributed by atoms with Crippen molar-refractivity contribution in [2.75, 3.05) is 7.11 Å². The molecule has 0 amide bonds. The molecule has 3 nitrogen and oxygen atoms in total. The quantitative estimate of drug-likeness (QED) is 0.843. The summed E-state index contributed by atoms with van der Waals surface area (Å²) < 4.78 is 5.22. The molecule has 0 aliphatic carbocycles. The molecule has 3 heteroatoms. The lowest BCUT2D eigenvalue weighted by Gasteiger charge is -2.30. The summed E-state index contributed by atoms with van der Waals surface area (Å²) in [7, 11) is 1.60. The first-order valence-corrected chi connectivity index (χ1v) is 5.84. The number of ether oxygens (including phenoxy) is 1. The minimum Gasteiger partial charge on any atom is -0.496 e. The molecular weight excluding hydrogens is 216 g/mol. The first kappa shape index (κ1) is 14.0. The first-order chi connectivity index (χ1) is 7.86. The fourth-order valence-electron chi connectivity index (χ4n) is 1.79. The van der Waals surface area contributed by atoms with Crippen molar-refractivity contribution in [3.8, 4) is 5.75 Å². The predicted molar refractivity (Wildman–Crippen MR) is 68.2 cm³/mol. The monoisotopic (exact) mass is 238 g/mol. The molecule has 17 heavy (non-hydrogen) atoms. The zero-order chi connectivity index (χ0) is 13.1. The van der Waals surface area contributed by atoms with Gasteiger partial charge in [-0.15, -0.1) is 0 Å². The maximum atomic E-state index is 10.0. The van der Waals surface area contributed by atoms with Gasteiger partial charge in [0.05, 0.1) is 19.3 Å². The molecule has 0 radical (unpaired) electrons. The molecule has 2 unspecified atom stereocenters. The van der Waals surface area contributed by atoms with E-state index in [4.69, 9.17) is 4.74 Å². The lowest BCUT2D eigenvalue weighted by atomic mass is 9.84. The van der Waals surface area contributed by atoms with Gasteiger partial charge in [-0.05, 0) is 17.0 Å². The highest BCUT2D eigenvalue weighted by Crippen LogP contribution is 2.26. The van der Waals surface area contributed by atoms with Gasteiger partial charge in [-0.3, -0.25) is 0 Å². The fourth-order valence-corrected chi connectivity index (χ4v) is 1.79. The van der Waals surface area contributed by atoms with Crippen molar-refractivity contribution in [2.45, 2.75) is 39.4 Å². The van der Waals surface area contributed by atoms with Crippen LogP contribution >= 0.6 is 0 Å². The lowest BCUT2D eigenvalue weighted by Crippen LogP contribution is -2.38. The second-order valence-electron chi connectivity index (χ2n) is 5.39. The maximum Gasteiger partial charge on any atom is 0.122 e. The van der Waals surface area contributed by atoms with Crippen molar-refractivity contribution in [3.05, 3.63) is 29.8 Å². The van der Waals surface area contributed by atoms with Crippen molar-refractivity contribution >= 4 is 0 Å². The zero-order valence-electron chi connectivity index (χ0n) is 11.0. The van der Waals surface area contributed by atoms with E-state index in [2.05, 4.69) is 0 Å². The molecule has 1 rings (SSSR count). The van der Waals surface area contributed by atoms with E-state index in [0.29, 0.717) is 6.42 Å². The average molecular weight is 238 g/mol. The van der Waals surface area contributed by atoms with E-state index < -0.39 is 12.2 Å². The van der Waals surface area contributed by atoms with Crippen LogP contribution in [0.1, 0.15) is 26.3 Å². The standard InChI is InChI=1S/C14H22O3/c1-14(2,3)13(16)11(15)9-10-7-5-6-8-12(10)17-4/h5-8,11,13,15-16H,9H2,1-4H3. The Morgan fingerprint density at radius 1 is 1.18 bits per heavy atom. The molecule has 0 aromatic heterocycles. The van der Waals surface area contributed by atoms with Crippen LogP contribution in [-0.2, 0) is 6.42 Å². The van der Waals surface area contributed by atoms with Gasteiger partial charge < -0.3 is 14.9 Å². The fraction of sp³-hybridized carbons (Fsp3) is 0.571. The van der Waals surface area contributed by atoms with E-state index in [1.165, 1.54) is 0 Å². The van der Waals surface area contributed by atoms with E-state index in [1.807, 2.05) is 45.0 Å². The molecule has 0 spiro atoms. The van der Waals surface area contributed by atoms with Crippen LogP contribution in [0.15, 0.2) is 24.3 Å². The first-order valence-electron chi connectivity index (χ1n) is 5.84. The molecule has 0 fully saturated rings. The van der Waals surface area contributed by atoms with Gasteiger partial charge in [-0.2, -0.15) is 0 Å². The summed E-state index contributed by atoms with van der Waals surface area (Å²) in [4.78, 5) is 0. The van der Waals surface area contributed by atoms with Crippen LogP contribution in [-0.4, -0.2) is 29.5 Å². The van der Waals surface area contributed by atoms with E-state index >= 15 is 0 Å². The van der Waals surface area contributed by atoms with Gasteiger partial charge >= 0.3 is 0 Å². The molecule has 2 atom stereocenters. The van der Waals surface area contributed by atoms with Crippen molar-refractivity contribution in [3.63, 3.8) is 0 Å². The van der Waals surface area contributed by atoms with Crippen LogP contribution in [0, 0.1) is 5.41 Å². The van der Waals surface area contributed by atoms with Gasteiger partial charge in [0, 0.05) is 6.42 Å². The second kappa shape index (κ2) is 5.52. The molecule has 0 heterocycles. The highest BCUT2D eigenvalue weighted by Gasteiger charge is 2.29. The summed E-state index contributed by atoms with van der Waals surface area (Å²) in [6, 6.07) is 7.53. The Kier molecular flexibility index (Phi) is 4.54. The zero-order valence-corrected chi connectivity index (χ0v) is 11.0. The third kappa shape index (κ3) is 3.72. The summed E-state index contributed by atoms with van der Waals surface area (Å²) >= 11 is 0. The van der Waals surface area contributed by atoms with Crippen LogP contribution in [0.4, 0.5) is 0 Å². The molecule has 0 aliphatic rings. The molecule has 96 valence electrons. The smallest absolute Gasteiger partial charge is 0.122 e. The Hall–Kier alpha value is -1.06. The third-order valence-electron chi connectivity index (χ3n) is 2.87. The minimum absolute atomic E-state index is 0.332. The second-order valence-corrected chi connectivity index (χ2v) is 5.39. The van der Waals surface area contributed by atoms with Gasteiger partial charge in [0.1, 0.15) is 5.75 Å². The summed E-state index contributed by atoms with van der Waals surface area (Å²) in [5.74, 6) is 0.743. The molecule has 1 aromatic carbocycles. The van der Waals surface area contributed by atoms with E-state index in [-0.39, 0.29) is 5.41 Å². The van der Waals surface area contributed by atoms with E-state index in [0.717, 1.165) is 11.3 Å². The van der Waals surface area contributed by atoms with Crippen LogP contribution in [0.2, 0.25) is 0 Å². The van der Waals surface area contributed by atoms with E-state index in [9.17, 15) is 10.2 Å². The highest BCUT2D eigenvalue weighted by atomic mass is 16.5. The topological polar surface area (TPSA) is 49.7 Å². The predicted octanol–water partition coefficient (Wildman–Crippen LogP) is 2.01. The Labute approximate surface area is 103 Å². The molecule has 1 aromatic rings. The Morgan fingerprint density at radius 2 is 1.76 bits per heavy atom. The van der Waals surface area contributed by atoms with Crippen LogP contribution < -0.4 is 4.74 Å². The van der Waals surface area contributed by atoms with Crippen LogP contribution in [0.5, 0.6) is 5.75 Å². The van der Waals surface area contributed by atoms with Crippen molar-refractivity contribution < 1.29 is 14.9 Å². The van der Waals surface area contributed by atoms with Crippen molar-refractivity contribution in [1.82, 2.24) is 0 Å². The number of aliphatic hydroxyl groups is 2. The van der Waals surface area contributed by atoms with Gasteiger partial charge in [-0.1, -0.05) is 39.0 Å². The van der Waals surface area contributed by atoms with Crippen LogP contribution in [0.3, 0.4) is 0 Å². The Bertz CT molecular complexity index is 355. The number of hydrogen-bond acceptors (Lipinski definition) is 3. The normalized spacial score (nSPS) is 15.4. The number of hydrogen-bond donors (Lipinski definition) is 2. The Balaban J connectivity index is 2.77. The summed E-state index contributed by atoms with van der Waals surface area (Å²) in [5.41, 5.74) is 0.576. The van der Waals surface area contributed by atoms with Gasteiger partial charge in [0.15, 0.2) is 0 Å². The number of benzene rings is 1. The Morgan fingerprint density at radius 3 is 2.29 bits per heavy atom. The van der Waals surface area contributed by atoms with Crippen molar-refractivity contribution in [1.29, 1.82) is 0 Å². The summed E-state index contributed by atoms with van der Waals surface area (Å²) in [6.07, 6.45) is -1.15. The number of aliphatic hydroxyl groups excluding tert-OH is 2. The summed E-state index contributed by atoms with van der Waals surface area (Å²) in [5, 5.41) is 20.0. The van der Waals surface area contributed by atoms with Gasteiger partial charge in [0.2, 0.25) is 0 Å². The molecule has 0 aliphatic heterocycles. The number of para-hydroxylation sites is 1. The number of methoxy groups -OCH3 is 1. The van der Waals surface area contributed by atoms with Gasteiger partial charge in [-0.25, -0.2) is 0 Å². The van der Waals surface area contributed by atoms with Crippen LogP contribution in [0.25, 0.3) is 0 Å². The maximum absolute atomic E-state index is 10.0. The lowest BCUT2D eigenvalue weighted by molar-refractivity contribution is -0.0435. The SMILES string of the molecule is COc1ccccc1CC(O)C(O)C(C)(C)C. The molecule has 0 saturated carbocycles. The molecule has 2 N–H and O–H groups in total. The van der Waals surface area contributed by atoms with Gasteiger partial charge in [0.25, 0.3) is 0 Å². The average Bonchev–Trinajstić information content (AvgIpc) is 2.27.